The number of nitrogen functional groups attached to an aromatic ring is 2. The zero-order chi connectivity index (χ0) is 34.3. The Morgan fingerprint density at radius 1 is 0.957 bits per heavy atom. The quantitative estimate of drug-likeness (QED) is 0.0450. The lowest BCUT2D eigenvalue weighted by molar-refractivity contribution is -0.148. The molecule has 0 fully saturated rings. The molecule has 252 valence electrons. The number of carbonyl (C=O) groups is 2. The third-order valence-electron chi connectivity index (χ3n) is 7.54. The number of unbranched alkanes of at least 4 members (excludes halogenated alkanes) is 2. The summed E-state index contributed by atoms with van der Waals surface area (Å²) in [5, 5.41) is 22.5. The van der Waals surface area contributed by atoms with Gasteiger partial charge in [0.15, 0.2) is 29.0 Å². The number of guanidine groups is 1. The summed E-state index contributed by atoms with van der Waals surface area (Å²) in [6.45, 7) is 4.60. The van der Waals surface area contributed by atoms with Gasteiger partial charge in [0.05, 0.1) is 0 Å². The first-order valence-electron chi connectivity index (χ1n) is 15.4. The van der Waals surface area contributed by atoms with Crippen molar-refractivity contribution in [3.63, 3.8) is 0 Å². The van der Waals surface area contributed by atoms with Crippen molar-refractivity contribution in [2.75, 3.05) is 24.6 Å². The molecule has 0 aliphatic carbocycles. The molecule has 1 unspecified atom stereocenters. The van der Waals surface area contributed by atoms with Gasteiger partial charge < -0.3 is 43.4 Å². The van der Waals surface area contributed by atoms with Crippen molar-refractivity contribution in [1.82, 2.24) is 20.2 Å². The van der Waals surface area contributed by atoms with Crippen LogP contribution in [0.2, 0.25) is 5.15 Å². The summed E-state index contributed by atoms with van der Waals surface area (Å²) >= 11 is 5.86. The molecule has 0 saturated carbocycles. The van der Waals surface area contributed by atoms with Crippen LogP contribution < -0.4 is 28.3 Å². The second kappa shape index (κ2) is 18.4. The summed E-state index contributed by atoms with van der Waals surface area (Å²) in [5.41, 5.74) is 27.0. The fourth-order valence-corrected chi connectivity index (χ4v) is 5.06. The topological polar surface area (TPSA) is 232 Å². The van der Waals surface area contributed by atoms with Gasteiger partial charge >= 0.3 is 5.97 Å². The molecule has 47 heavy (non-hydrogen) atoms. The van der Waals surface area contributed by atoms with Crippen molar-refractivity contribution in [2.24, 2.45) is 16.5 Å². The van der Waals surface area contributed by atoms with Crippen LogP contribution in [0.5, 0.6) is 0 Å². The molecule has 14 heteroatoms. The molecule has 1 amide bonds. The number of amides is 1. The first-order chi connectivity index (χ1) is 22.5. The highest BCUT2D eigenvalue weighted by atomic mass is 35.5. The molecule has 0 radical (unpaired) electrons. The van der Waals surface area contributed by atoms with Gasteiger partial charge in [-0.25, -0.2) is 14.8 Å². The monoisotopic (exact) mass is 665 g/mol. The summed E-state index contributed by atoms with van der Waals surface area (Å²) in [5.74, 6) is -1.38. The number of carboxylic acids is 1. The van der Waals surface area contributed by atoms with E-state index in [0.717, 1.165) is 36.0 Å². The van der Waals surface area contributed by atoms with Crippen LogP contribution in [0.25, 0.3) is 11.1 Å². The van der Waals surface area contributed by atoms with Gasteiger partial charge in [-0.15, -0.1) is 0 Å². The maximum atomic E-state index is 12.8. The number of carbonyl (C=O) groups excluding carboxylic acids is 1. The molecular formula is C33H44ClN9O4. The number of carboxylic acid groups (broad SMARTS) is 1. The van der Waals surface area contributed by atoms with Gasteiger partial charge in [-0.2, -0.15) is 0 Å². The number of nitrogens with one attached hydrogen (secondary N) is 1. The SMILES string of the molecule is C=CN(C(=O)CCc1ccc(-c2ccc(CCCCN=C(N)NC(O)c3nc(Cl)c(N)nc3N)cc2)cc1)[C@H](CCCCN)C(=O)O. The Hall–Kier alpha value is -4.72. The molecule has 13 nitrogen and oxygen atoms in total. The van der Waals surface area contributed by atoms with Crippen LogP contribution in [0, 0.1) is 0 Å². The van der Waals surface area contributed by atoms with E-state index in [2.05, 4.69) is 51.1 Å². The lowest BCUT2D eigenvalue weighted by atomic mass is 9.99. The number of rotatable bonds is 18. The number of halogens is 1. The second-order valence-corrected chi connectivity index (χ2v) is 11.3. The number of hydrogen-bond acceptors (Lipinski definition) is 9. The maximum Gasteiger partial charge on any atom is 0.326 e. The van der Waals surface area contributed by atoms with Crippen molar-refractivity contribution in [3.8, 4) is 11.1 Å². The van der Waals surface area contributed by atoms with E-state index in [9.17, 15) is 19.8 Å². The van der Waals surface area contributed by atoms with Crippen LogP contribution in [0.3, 0.4) is 0 Å². The van der Waals surface area contributed by atoms with E-state index in [4.69, 9.17) is 34.5 Å². The minimum atomic E-state index is -1.34. The van der Waals surface area contributed by atoms with Crippen molar-refractivity contribution in [2.45, 2.75) is 63.6 Å². The van der Waals surface area contributed by atoms with Crippen LogP contribution in [0.4, 0.5) is 11.6 Å². The molecule has 0 aliphatic rings. The van der Waals surface area contributed by atoms with Gasteiger partial charge in [-0.05, 0) is 73.7 Å². The number of aliphatic imine (C=N–C) groups is 1. The minimum Gasteiger partial charge on any atom is -0.480 e. The minimum absolute atomic E-state index is 0.00613. The van der Waals surface area contributed by atoms with E-state index in [0.29, 0.717) is 38.8 Å². The van der Waals surface area contributed by atoms with Gasteiger partial charge in [-0.1, -0.05) is 66.7 Å². The lowest BCUT2D eigenvalue weighted by Gasteiger charge is -2.25. The number of benzene rings is 2. The van der Waals surface area contributed by atoms with Gasteiger partial charge in [0, 0.05) is 19.2 Å². The number of aliphatic hydroxyl groups is 1. The number of aliphatic hydroxyl groups excluding tert-OH is 1. The number of aryl methyl sites for hydroxylation is 2. The smallest absolute Gasteiger partial charge is 0.326 e. The van der Waals surface area contributed by atoms with Crippen molar-refractivity contribution in [1.29, 1.82) is 0 Å². The average Bonchev–Trinajstić information content (AvgIpc) is 3.05. The summed E-state index contributed by atoms with van der Waals surface area (Å²) in [4.78, 5) is 37.8. The first kappa shape index (κ1) is 36.7. The first-order valence-corrected chi connectivity index (χ1v) is 15.8. The fourth-order valence-electron chi connectivity index (χ4n) is 4.92. The Labute approximate surface area is 279 Å². The van der Waals surface area contributed by atoms with E-state index >= 15 is 0 Å². The van der Waals surface area contributed by atoms with E-state index in [1.807, 2.05) is 24.3 Å². The van der Waals surface area contributed by atoms with E-state index in [1.54, 1.807) is 0 Å². The van der Waals surface area contributed by atoms with Crippen LogP contribution in [-0.4, -0.2) is 62.0 Å². The zero-order valence-electron chi connectivity index (χ0n) is 26.3. The van der Waals surface area contributed by atoms with E-state index in [-0.39, 0.29) is 40.8 Å². The van der Waals surface area contributed by atoms with E-state index in [1.165, 1.54) is 16.7 Å². The maximum absolute atomic E-state index is 12.8. The number of anilines is 2. The number of nitrogens with two attached hydrogens (primary N) is 4. The Morgan fingerprint density at radius 2 is 1.57 bits per heavy atom. The fraction of sp³-hybridized carbons (Fsp3) is 0.364. The molecule has 1 aromatic heterocycles. The molecule has 2 atom stereocenters. The molecule has 1 heterocycles. The number of nitrogens with zero attached hydrogens (tertiary/aromatic N) is 4. The molecule has 0 spiro atoms. The predicted molar refractivity (Wildman–Crippen MR) is 185 cm³/mol. The molecular weight excluding hydrogens is 622 g/mol. The van der Waals surface area contributed by atoms with Crippen molar-refractivity contribution in [3.05, 3.63) is 83.3 Å². The number of aromatic nitrogens is 2. The summed E-state index contributed by atoms with van der Waals surface area (Å²) in [7, 11) is 0. The van der Waals surface area contributed by atoms with Crippen LogP contribution in [0.15, 0.2) is 66.3 Å². The highest BCUT2D eigenvalue weighted by molar-refractivity contribution is 6.31. The van der Waals surface area contributed by atoms with Gasteiger partial charge in [-0.3, -0.25) is 9.79 Å². The summed E-state index contributed by atoms with van der Waals surface area (Å²) in [6.07, 6.45) is 4.84. The van der Waals surface area contributed by atoms with Crippen LogP contribution in [-0.2, 0) is 22.4 Å². The second-order valence-electron chi connectivity index (χ2n) is 11.0. The third-order valence-corrected chi connectivity index (χ3v) is 7.82. The normalized spacial score (nSPS) is 12.7. The Kier molecular flexibility index (Phi) is 14.4. The molecule has 11 N–H and O–H groups in total. The standard InChI is InChI=1S/C33H44ClN9O4/c1-2-43(25(32(46)47)8-3-5-19-35)26(44)18-13-22-11-16-24(17-12-22)23-14-9-21(10-15-23)7-4-6-20-39-33(38)42-31(45)27-29(36)41-30(37)28(34)40-27/h2,9-12,14-17,25,31,45H,1,3-8,13,18-20,35H2,(H,46,47)(H4,36,37,41)(H3,38,39,42)/t25-,31?/m1/s1. The Morgan fingerprint density at radius 3 is 2.15 bits per heavy atom. The molecule has 0 aliphatic heterocycles. The Bertz CT molecular complexity index is 1520. The number of hydrogen-bond donors (Lipinski definition) is 7. The van der Waals surface area contributed by atoms with Gasteiger partial charge in [0.2, 0.25) is 5.91 Å². The highest BCUT2D eigenvalue weighted by Gasteiger charge is 2.27. The largest absolute Gasteiger partial charge is 0.480 e. The zero-order valence-corrected chi connectivity index (χ0v) is 27.1. The molecule has 0 saturated heterocycles. The summed E-state index contributed by atoms with van der Waals surface area (Å²) < 4.78 is 0. The number of aliphatic carboxylic acids is 1. The summed E-state index contributed by atoms with van der Waals surface area (Å²) in [6, 6.07) is 15.4. The highest BCUT2D eigenvalue weighted by Crippen LogP contribution is 2.23. The van der Waals surface area contributed by atoms with Gasteiger partial charge in [0.1, 0.15) is 11.7 Å². The lowest BCUT2D eigenvalue weighted by Crippen LogP contribution is -2.41. The van der Waals surface area contributed by atoms with Crippen LogP contribution >= 0.6 is 11.6 Å². The van der Waals surface area contributed by atoms with Crippen molar-refractivity contribution >= 4 is 41.1 Å². The molecule has 2 aromatic carbocycles. The molecule has 0 bridgehead atoms. The van der Waals surface area contributed by atoms with Crippen LogP contribution in [0.1, 0.15) is 61.6 Å². The molecule has 3 rings (SSSR count). The Balaban J connectivity index is 1.43. The van der Waals surface area contributed by atoms with E-state index < -0.39 is 18.2 Å². The average molecular weight is 666 g/mol. The predicted octanol–water partition coefficient (Wildman–Crippen LogP) is 3.37. The molecule has 3 aromatic rings. The van der Waals surface area contributed by atoms with Gasteiger partial charge in [0.25, 0.3) is 0 Å². The van der Waals surface area contributed by atoms with Crippen molar-refractivity contribution < 1.29 is 19.8 Å². The third kappa shape index (κ3) is 11.2.